The molecule has 6 heteroatoms. The molecule has 0 aromatic rings. The number of carbonyl (C=O) groups excluding carboxylic acids is 1. The molecular formula is C7H13IN2O3. The van der Waals surface area contributed by atoms with Crippen LogP contribution in [0.4, 0.5) is 4.79 Å². The Hall–Kier alpha value is -0.0800. The Morgan fingerprint density at radius 1 is 1.54 bits per heavy atom. The SMILES string of the molecule is CN1CCC(OI)(OC(N)=O)CC1. The highest BCUT2D eigenvalue weighted by molar-refractivity contribution is 14.1. The Bertz CT molecular complexity index is 192. The minimum Gasteiger partial charge on any atom is -0.416 e. The summed E-state index contributed by atoms with van der Waals surface area (Å²) in [6.07, 6.45) is 0.548. The molecule has 0 aliphatic carbocycles. The van der Waals surface area contributed by atoms with E-state index >= 15 is 0 Å². The second kappa shape index (κ2) is 4.43. The highest BCUT2D eigenvalue weighted by Gasteiger charge is 2.37. The van der Waals surface area contributed by atoms with Gasteiger partial charge in [-0.1, -0.05) is 0 Å². The highest BCUT2D eigenvalue weighted by atomic mass is 127. The highest BCUT2D eigenvalue weighted by Crippen LogP contribution is 2.29. The van der Waals surface area contributed by atoms with E-state index in [9.17, 15) is 4.79 Å². The molecule has 0 spiro atoms. The normalized spacial score (nSPS) is 22.6. The molecule has 0 bridgehead atoms. The number of nitrogens with two attached hydrogens (primary N) is 1. The lowest BCUT2D eigenvalue weighted by molar-refractivity contribution is -0.142. The fourth-order valence-electron chi connectivity index (χ4n) is 1.34. The maximum Gasteiger partial charge on any atom is 0.407 e. The van der Waals surface area contributed by atoms with E-state index < -0.39 is 11.9 Å². The molecule has 0 radical (unpaired) electrons. The number of nitrogens with zero attached hydrogens (tertiary/aromatic N) is 1. The first kappa shape index (κ1) is 11.0. The topological polar surface area (TPSA) is 64.8 Å². The molecule has 1 amide bonds. The van der Waals surface area contributed by atoms with Crippen molar-refractivity contribution in [1.82, 2.24) is 4.90 Å². The summed E-state index contributed by atoms with van der Waals surface area (Å²) >= 11 is 1.75. The maximum absolute atomic E-state index is 10.6. The van der Waals surface area contributed by atoms with Gasteiger partial charge in [0.2, 0.25) is 5.79 Å². The van der Waals surface area contributed by atoms with Crippen LogP contribution in [-0.4, -0.2) is 36.9 Å². The van der Waals surface area contributed by atoms with Gasteiger partial charge < -0.3 is 15.4 Å². The molecule has 0 saturated carbocycles. The number of carbonyl (C=O) groups is 1. The van der Waals surface area contributed by atoms with Gasteiger partial charge in [0, 0.05) is 25.9 Å². The van der Waals surface area contributed by atoms with Crippen molar-refractivity contribution in [2.75, 3.05) is 20.1 Å². The van der Waals surface area contributed by atoms with Crippen molar-refractivity contribution in [3.05, 3.63) is 0 Å². The first-order valence-electron chi connectivity index (χ1n) is 4.05. The summed E-state index contributed by atoms with van der Waals surface area (Å²) in [5.74, 6) is -0.807. The van der Waals surface area contributed by atoms with Crippen molar-refractivity contribution in [1.29, 1.82) is 0 Å². The van der Waals surface area contributed by atoms with Gasteiger partial charge in [-0.15, -0.1) is 0 Å². The number of hydrogen-bond acceptors (Lipinski definition) is 4. The molecule has 2 N–H and O–H groups in total. The van der Waals surface area contributed by atoms with Gasteiger partial charge in [0.15, 0.2) is 0 Å². The lowest BCUT2D eigenvalue weighted by Gasteiger charge is -2.36. The predicted octanol–water partition coefficient (Wildman–Crippen LogP) is 0.870. The van der Waals surface area contributed by atoms with E-state index in [1.54, 1.807) is 23.0 Å². The van der Waals surface area contributed by atoms with E-state index in [0.717, 1.165) is 13.1 Å². The molecule has 1 heterocycles. The van der Waals surface area contributed by atoms with Crippen LogP contribution in [0.15, 0.2) is 0 Å². The molecule has 1 saturated heterocycles. The lowest BCUT2D eigenvalue weighted by Crippen LogP contribution is -2.47. The van der Waals surface area contributed by atoms with Crippen LogP contribution in [0.2, 0.25) is 0 Å². The summed E-state index contributed by atoms with van der Waals surface area (Å²) in [6, 6.07) is 0. The molecule has 0 atom stereocenters. The molecule has 1 aliphatic heterocycles. The number of piperidine rings is 1. The molecule has 13 heavy (non-hydrogen) atoms. The first-order valence-corrected chi connectivity index (χ1v) is 4.93. The maximum atomic E-state index is 10.6. The first-order chi connectivity index (χ1) is 6.08. The zero-order valence-corrected chi connectivity index (χ0v) is 9.61. The molecule has 1 fully saturated rings. The summed E-state index contributed by atoms with van der Waals surface area (Å²) in [5.41, 5.74) is 4.96. The molecule has 0 aromatic heterocycles. The third-order valence-corrected chi connectivity index (χ3v) is 2.98. The smallest absolute Gasteiger partial charge is 0.407 e. The Labute approximate surface area is 91.2 Å². The largest absolute Gasteiger partial charge is 0.416 e. The number of hydrogen-bond donors (Lipinski definition) is 1. The van der Waals surface area contributed by atoms with E-state index in [-0.39, 0.29) is 0 Å². The molecule has 1 rings (SSSR count). The third kappa shape index (κ3) is 2.96. The van der Waals surface area contributed by atoms with Gasteiger partial charge in [0.25, 0.3) is 0 Å². The Kier molecular flexibility index (Phi) is 3.74. The van der Waals surface area contributed by atoms with E-state index in [4.69, 9.17) is 13.5 Å². The number of amides is 1. The zero-order valence-electron chi connectivity index (χ0n) is 7.46. The van der Waals surface area contributed by atoms with E-state index in [1.165, 1.54) is 0 Å². The third-order valence-electron chi connectivity index (χ3n) is 2.18. The quantitative estimate of drug-likeness (QED) is 0.607. The second-order valence-corrected chi connectivity index (χ2v) is 3.65. The minimum absolute atomic E-state index is 0.662. The Morgan fingerprint density at radius 2 is 2.08 bits per heavy atom. The Morgan fingerprint density at radius 3 is 2.46 bits per heavy atom. The fourth-order valence-corrected chi connectivity index (χ4v) is 1.87. The second-order valence-electron chi connectivity index (χ2n) is 3.21. The van der Waals surface area contributed by atoms with Crippen molar-refractivity contribution < 1.29 is 12.6 Å². The van der Waals surface area contributed by atoms with Gasteiger partial charge in [-0.2, -0.15) is 0 Å². The number of rotatable bonds is 2. The van der Waals surface area contributed by atoms with Crippen molar-refractivity contribution in [2.45, 2.75) is 18.6 Å². The van der Waals surface area contributed by atoms with Crippen LogP contribution in [0.3, 0.4) is 0 Å². The summed E-state index contributed by atoms with van der Waals surface area (Å²) < 4.78 is 10.1. The van der Waals surface area contributed by atoms with Crippen LogP contribution >= 0.6 is 23.0 Å². The lowest BCUT2D eigenvalue weighted by atomic mass is 10.0. The molecule has 5 nitrogen and oxygen atoms in total. The van der Waals surface area contributed by atoms with Crippen molar-refractivity contribution in [3.8, 4) is 0 Å². The van der Waals surface area contributed by atoms with Crippen LogP contribution in [0, 0.1) is 0 Å². The van der Waals surface area contributed by atoms with Gasteiger partial charge in [-0.3, -0.25) is 3.07 Å². The van der Waals surface area contributed by atoms with Crippen LogP contribution in [0.5, 0.6) is 0 Å². The number of primary amides is 1. The van der Waals surface area contributed by atoms with Crippen molar-refractivity contribution in [3.63, 3.8) is 0 Å². The van der Waals surface area contributed by atoms with E-state index in [2.05, 4.69) is 4.90 Å². The number of ether oxygens (including phenoxy) is 1. The van der Waals surface area contributed by atoms with Gasteiger partial charge in [-0.05, 0) is 7.05 Å². The molecule has 1 aliphatic rings. The van der Waals surface area contributed by atoms with E-state index in [0.29, 0.717) is 12.8 Å². The van der Waals surface area contributed by atoms with Gasteiger partial charge in [-0.25, -0.2) is 4.79 Å². The van der Waals surface area contributed by atoms with Crippen LogP contribution in [-0.2, 0) is 7.80 Å². The van der Waals surface area contributed by atoms with Gasteiger partial charge in [0.05, 0.1) is 0 Å². The fraction of sp³-hybridized carbons (Fsp3) is 0.857. The van der Waals surface area contributed by atoms with Gasteiger partial charge in [0.1, 0.15) is 23.0 Å². The average Bonchev–Trinajstić information content (AvgIpc) is 2.09. The minimum atomic E-state index is -0.807. The van der Waals surface area contributed by atoms with Crippen LogP contribution < -0.4 is 5.73 Å². The number of likely N-dealkylation sites (tertiary alicyclic amines) is 1. The summed E-state index contributed by atoms with van der Waals surface area (Å²) in [7, 11) is 2.02. The predicted molar refractivity (Wildman–Crippen MR) is 55.2 cm³/mol. The molecule has 0 unspecified atom stereocenters. The van der Waals surface area contributed by atoms with Crippen LogP contribution in [0.1, 0.15) is 12.8 Å². The summed E-state index contributed by atoms with van der Waals surface area (Å²) in [6.45, 7) is 1.69. The molecule has 76 valence electrons. The monoisotopic (exact) mass is 300 g/mol. The Balaban J connectivity index is 2.55. The standard InChI is InChI=1S/C7H13IN2O3/c1-10-4-2-7(13-8,3-5-10)12-6(9)11/h2-5H2,1H3,(H2,9,11). The molecular weight excluding hydrogens is 287 g/mol. The summed E-state index contributed by atoms with van der Waals surface area (Å²) in [5, 5.41) is 0. The zero-order chi connectivity index (χ0) is 9.90. The van der Waals surface area contributed by atoms with Crippen LogP contribution in [0.25, 0.3) is 0 Å². The van der Waals surface area contributed by atoms with Gasteiger partial charge >= 0.3 is 6.09 Å². The summed E-state index contributed by atoms with van der Waals surface area (Å²) in [4.78, 5) is 12.8. The van der Waals surface area contributed by atoms with Crippen molar-refractivity contribution >= 4 is 29.1 Å². The molecule has 0 aromatic carbocycles. The van der Waals surface area contributed by atoms with Crippen molar-refractivity contribution in [2.24, 2.45) is 5.73 Å². The number of halogens is 1. The van der Waals surface area contributed by atoms with E-state index in [1.807, 2.05) is 7.05 Å². The average molecular weight is 300 g/mol.